The van der Waals surface area contributed by atoms with Gasteiger partial charge in [-0.2, -0.15) is 0 Å². The molecule has 0 saturated heterocycles. The van der Waals surface area contributed by atoms with Gasteiger partial charge in [-0.05, 0) is 46.9 Å². The zero-order chi connectivity index (χ0) is 10.4. The maximum Gasteiger partial charge on any atom is 0.0216 e. The number of halogens is 2. The smallest absolute Gasteiger partial charge is 0.0216 e. The van der Waals surface area contributed by atoms with Crippen molar-refractivity contribution in [2.24, 2.45) is 0 Å². The summed E-state index contributed by atoms with van der Waals surface area (Å²) < 4.78 is 2.36. The van der Waals surface area contributed by atoms with Crippen molar-refractivity contribution in [2.45, 2.75) is 6.42 Å². The summed E-state index contributed by atoms with van der Waals surface area (Å²) in [5.41, 5.74) is 5.55. The summed E-state index contributed by atoms with van der Waals surface area (Å²) in [4.78, 5) is 0. The average Bonchev–Trinajstić information content (AvgIpc) is 2.58. The first-order valence-corrected chi connectivity index (χ1v) is 6.40. The molecular weight excluding hydrogens is 316 g/mol. The van der Waals surface area contributed by atoms with Crippen molar-refractivity contribution in [3.8, 4) is 11.1 Å². The molecule has 0 heterocycles. The van der Waals surface area contributed by atoms with Gasteiger partial charge in [-0.1, -0.05) is 50.1 Å². The lowest BCUT2D eigenvalue weighted by atomic mass is 10.1. The van der Waals surface area contributed by atoms with Gasteiger partial charge in [-0.3, -0.25) is 0 Å². The van der Waals surface area contributed by atoms with E-state index < -0.39 is 0 Å². The highest BCUT2D eigenvalue weighted by Gasteiger charge is 2.19. The van der Waals surface area contributed by atoms with E-state index in [4.69, 9.17) is 0 Å². The molecule has 0 saturated carbocycles. The van der Waals surface area contributed by atoms with Gasteiger partial charge in [0.15, 0.2) is 0 Å². The van der Waals surface area contributed by atoms with E-state index in [1.807, 2.05) is 0 Å². The molecule has 0 bridgehead atoms. The van der Waals surface area contributed by atoms with E-state index in [0.717, 1.165) is 10.9 Å². The molecule has 15 heavy (non-hydrogen) atoms. The van der Waals surface area contributed by atoms with Crippen LogP contribution in [0, 0.1) is 0 Å². The van der Waals surface area contributed by atoms with Gasteiger partial charge in [0.25, 0.3) is 0 Å². The summed E-state index contributed by atoms with van der Waals surface area (Å²) in [5, 5.41) is 0. The van der Waals surface area contributed by atoms with Crippen molar-refractivity contribution >= 4 is 31.9 Å². The van der Waals surface area contributed by atoms with Gasteiger partial charge in [-0.15, -0.1) is 0 Å². The van der Waals surface area contributed by atoms with Crippen LogP contribution < -0.4 is 0 Å². The van der Waals surface area contributed by atoms with E-state index in [9.17, 15) is 0 Å². The molecule has 0 spiro atoms. The monoisotopic (exact) mass is 322 g/mol. The minimum atomic E-state index is 1.04. The Labute approximate surface area is 106 Å². The Balaban J connectivity index is 2.31. The van der Waals surface area contributed by atoms with E-state index in [2.05, 4.69) is 68.3 Å². The lowest BCUT2D eigenvalue weighted by molar-refractivity contribution is 1.25. The van der Waals surface area contributed by atoms with Crippen molar-refractivity contribution in [3.05, 3.63) is 56.5 Å². The van der Waals surface area contributed by atoms with Crippen molar-refractivity contribution in [3.63, 3.8) is 0 Å². The van der Waals surface area contributed by atoms with Crippen LogP contribution in [-0.2, 0) is 6.42 Å². The molecule has 1 aliphatic rings. The Morgan fingerprint density at radius 1 is 0.933 bits per heavy atom. The van der Waals surface area contributed by atoms with Gasteiger partial charge in [0.05, 0.1) is 0 Å². The Morgan fingerprint density at radius 3 is 2.67 bits per heavy atom. The van der Waals surface area contributed by atoms with Crippen LogP contribution in [0.4, 0.5) is 0 Å². The average molecular weight is 324 g/mol. The third-order valence-corrected chi connectivity index (χ3v) is 4.08. The molecule has 2 heteroatoms. The highest BCUT2D eigenvalue weighted by molar-refractivity contribution is 9.10. The highest BCUT2D eigenvalue weighted by atomic mass is 79.9. The van der Waals surface area contributed by atoms with Gasteiger partial charge < -0.3 is 0 Å². The van der Waals surface area contributed by atoms with Gasteiger partial charge >= 0.3 is 0 Å². The molecule has 0 amide bonds. The molecule has 0 fully saturated rings. The largest absolute Gasteiger partial charge is 0.0605 e. The Morgan fingerprint density at radius 2 is 1.80 bits per heavy atom. The molecule has 2 aromatic carbocycles. The molecule has 74 valence electrons. The van der Waals surface area contributed by atoms with E-state index in [1.165, 1.54) is 26.7 Å². The quantitative estimate of drug-likeness (QED) is 0.558. The number of rotatable bonds is 0. The predicted molar refractivity (Wildman–Crippen MR) is 70.1 cm³/mol. The minimum absolute atomic E-state index is 1.04. The molecule has 0 aromatic heterocycles. The van der Waals surface area contributed by atoms with Gasteiger partial charge in [0.2, 0.25) is 0 Å². The first-order chi connectivity index (χ1) is 7.25. The van der Waals surface area contributed by atoms with Gasteiger partial charge in [0.1, 0.15) is 0 Å². The molecule has 3 rings (SSSR count). The minimum Gasteiger partial charge on any atom is -0.0605 e. The lowest BCUT2D eigenvalue weighted by Crippen LogP contribution is -1.81. The van der Waals surface area contributed by atoms with Crippen LogP contribution in [0.3, 0.4) is 0 Å². The Hall–Kier alpha value is -0.600. The van der Waals surface area contributed by atoms with Crippen LogP contribution in [0.5, 0.6) is 0 Å². The molecule has 0 nitrogen and oxygen atoms in total. The zero-order valence-corrected chi connectivity index (χ0v) is 11.1. The fourth-order valence-electron chi connectivity index (χ4n) is 2.13. The molecular formula is C13H8Br2. The van der Waals surface area contributed by atoms with Crippen LogP contribution in [0.25, 0.3) is 11.1 Å². The second-order valence-electron chi connectivity index (χ2n) is 3.74. The normalized spacial score (nSPS) is 12.4. The van der Waals surface area contributed by atoms with Crippen molar-refractivity contribution in [2.75, 3.05) is 0 Å². The topological polar surface area (TPSA) is 0 Å². The lowest BCUT2D eigenvalue weighted by Gasteiger charge is -2.02. The van der Waals surface area contributed by atoms with Crippen LogP contribution in [0.2, 0.25) is 0 Å². The van der Waals surface area contributed by atoms with E-state index in [-0.39, 0.29) is 0 Å². The Bertz CT molecular complexity index is 544. The summed E-state index contributed by atoms with van der Waals surface area (Å²) in [6, 6.07) is 12.9. The van der Waals surface area contributed by atoms with E-state index >= 15 is 0 Å². The van der Waals surface area contributed by atoms with E-state index in [1.54, 1.807) is 0 Å². The number of hydrogen-bond donors (Lipinski definition) is 0. The summed E-state index contributed by atoms with van der Waals surface area (Å²) in [6.07, 6.45) is 1.04. The summed E-state index contributed by atoms with van der Waals surface area (Å²) >= 11 is 7.14. The molecule has 1 aliphatic carbocycles. The Kier molecular flexibility index (Phi) is 2.22. The van der Waals surface area contributed by atoms with Crippen molar-refractivity contribution in [1.82, 2.24) is 0 Å². The van der Waals surface area contributed by atoms with Crippen LogP contribution in [-0.4, -0.2) is 0 Å². The van der Waals surface area contributed by atoms with Crippen LogP contribution in [0.15, 0.2) is 45.3 Å². The number of hydrogen-bond acceptors (Lipinski definition) is 0. The second-order valence-corrected chi connectivity index (χ2v) is 5.51. The van der Waals surface area contributed by atoms with Gasteiger partial charge in [0, 0.05) is 8.95 Å². The first-order valence-electron chi connectivity index (χ1n) is 4.82. The maximum absolute atomic E-state index is 3.61. The molecule has 0 unspecified atom stereocenters. The SMILES string of the molecule is Brc1ccc2c(c1)-c1cccc(Br)c1C2. The zero-order valence-electron chi connectivity index (χ0n) is 7.93. The van der Waals surface area contributed by atoms with E-state index in [0.29, 0.717) is 0 Å². The fourth-order valence-corrected chi connectivity index (χ4v) is 3.00. The predicted octanol–water partition coefficient (Wildman–Crippen LogP) is 4.78. The molecule has 2 aromatic rings. The third kappa shape index (κ3) is 1.47. The molecule has 0 atom stereocenters. The first kappa shape index (κ1) is 9.61. The second kappa shape index (κ2) is 3.46. The van der Waals surface area contributed by atoms with Crippen molar-refractivity contribution in [1.29, 1.82) is 0 Å². The molecule has 0 aliphatic heterocycles. The van der Waals surface area contributed by atoms with Crippen LogP contribution >= 0.6 is 31.9 Å². The standard InChI is InChI=1S/C13H8Br2/c14-9-5-4-8-6-12-10(11(8)7-9)2-1-3-13(12)15/h1-5,7H,6H2. The van der Waals surface area contributed by atoms with Gasteiger partial charge in [-0.25, -0.2) is 0 Å². The maximum atomic E-state index is 3.61. The summed E-state index contributed by atoms with van der Waals surface area (Å²) in [6.45, 7) is 0. The van der Waals surface area contributed by atoms with Crippen molar-refractivity contribution < 1.29 is 0 Å². The highest BCUT2D eigenvalue weighted by Crippen LogP contribution is 2.40. The number of benzene rings is 2. The fraction of sp³-hybridized carbons (Fsp3) is 0.0769. The summed E-state index contributed by atoms with van der Waals surface area (Å²) in [5.74, 6) is 0. The third-order valence-electron chi connectivity index (χ3n) is 2.85. The summed E-state index contributed by atoms with van der Waals surface area (Å²) in [7, 11) is 0. The number of fused-ring (bicyclic) bond motifs is 3. The molecule has 0 N–H and O–H groups in total. The molecule has 0 radical (unpaired) electrons. The van der Waals surface area contributed by atoms with Crippen LogP contribution in [0.1, 0.15) is 11.1 Å².